The number of halogens is 4. The monoisotopic (exact) mass is 683 g/mol. The van der Waals surface area contributed by atoms with Crippen molar-refractivity contribution in [2.24, 2.45) is 0 Å². The van der Waals surface area contributed by atoms with E-state index in [4.69, 9.17) is 0 Å². The highest BCUT2D eigenvalue weighted by atomic mass is 79.9. The second-order valence-corrected chi connectivity index (χ2v) is 10.6. The summed E-state index contributed by atoms with van der Waals surface area (Å²) >= 11 is 13.0. The van der Waals surface area contributed by atoms with Gasteiger partial charge < -0.3 is 15.8 Å². The minimum Gasteiger partial charge on any atom is -0.744 e. The summed E-state index contributed by atoms with van der Waals surface area (Å²) in [4.78, 5) is 11.7. The van der Waals surface area contributed by atoms with Crippen LogP contribution < -0.4 is 6.15 Å². The number of hydrogen-bond acceptors (Lipinski definition) is 5. The highest BCUT2D eigenvalue weighted by molar-refractivity contribution is 9.13. The van der Waals surface area contributed by atoms with Gasteiger partial charge in [-0.05, 0) is 111 Å². The predicted octanol–water partition coefficient (Wildman–Crippen LogP) is 6.14. The minimum absolute atomic E-state index is 0. The predicted molar refractivity (Wildman–Crippen MR) is 129 cm³/mol. The van der Waals surface area contributed by atoms with Crippen molar-refractivity contribution in [2.75, 3.05) is 0 Å². The highest BCUT2D eigenvalue weighted by Gasteiger charge is 2.23. The zero-order valence-electron chi connectivity index (χ0n) is 15.1. The molecule has 0 unspecified atom stereocenters. The number of carbonyl (C=O) groups is 1. The Balaban J connectivity index is 0.00000320. The molecule has 0 fully saturated rings. The van der Waals surface area contributed by atoms with Gasteiger partial charge in [0.1, 0.15) is 15.9 Å². The van der Waals surface area contributed by atoms with Crippen LogP contribution in [-0.4, -0.2) is 23.9 Å². The Morgan fingerprint density at radius 2 is 1.43 bits per heavy atom. The summed E-state index contributed by atoms with van der Waals surface area (Å²) in [5, 5.41) is 10.1. The van der Waals surface area contributed by atoms with Crippen molar-refractivity contribution in [2.45, 2.75) is 4.90 Å². The fraction of sp³-hybridized carbons (Fsp3) is 0. The van der Waals surface area contributed by atoms with Crippen LogP contribution in [0.4, 0.5) is 0 Å². The number of benzene rings is 2. The number of quaternary nitrogens is 1. The Labute approximate surface area is 206 Å². The summed E-state index contributed by atoms with van der Waals surface area (Å²) in [5.74, 6) is -0.305. The molecule has 6 nitrogen and oxygen atoms in total. The Hall–Kier alpha value is -1.08. The van der Waals surface area contributed by atoms with Gasteiger partial charge in [-0.1, -0.05) is 18.2 Å². The van der Waals surface area contributed by atoms with Gasteiger partial charge in [0.15, 0.2) is 0 Å². The van der Waals surface area contributed by atoms with Crippen LogP contribution in [0.2, 0.25) is 0 Å². The highest BCUT2D eigenvalue weighted by Crippen LogP contribution is 2.41. The molecule has 0 aliphatic heterocycles. The van der Waals surface area contributed by atoms with Gasteiger partial charge in [-0.25, -0.2) is 8.42 Å². The van der Waals surface area contributed by atoms with Crippen molar-refractivity contribution in [1.82, 2.24) is 6.15 Å². The summed E-state index contributed by atoms with van der Waals surface area (Å²) in [6.45, 7) is 0. The van der Waals surface area contributed by atoms with Crippen LogP contribution in [0.25, 0.3) is 5.57 Å². The fourth-order valence-corrected chi connectivity index (χ4v) is 5.84. The van der Waals surface area contributed by atoms with Crippen LogP contribution in [0.5, 0.6) is 5.75 Å². The summed E-state index contributed by atoms with van der Waals surface area (Å²) < 4.78 is 37.0. The zero-order valence-corrected chi connectivity index (χ0v) is 22.3. The van der Waals surface area contributed by atoms with Gasteiger partial charge in [0.25, 0.3) is 0 Å². The number of aromatic hydroxyl groups is 1. The van der Waals surface area contributed by atoms with E-state index in [0.717, 1.165) is 0 Å². The molecule has 0 aromatic heterocycles. The number of phenols is 1. The van der Waals surface area contributed by atoms with Crippen molar-refractivity contribution >= 4 is 85.2 Å². The smallest absolute Gasteiger partial charge is 0.206 e. The molecule has 0 bridgehead atoms. The first-order valence-electron chi connectivity index (χ1n) is 7.77. The number of phenolic OH excluding ortho intramolecular Hbond substituents is 1. The summed E-state index contributed by atoms with van der Waals surface area (Å²) in [6, 6.07) is 9.00. The lowest BCUT2D eigenvalue weighted by atomic mass is 9.91. The molecule has 1 aliphatic rings. The van der Waals surface area contributed by atoms with Crippen molar-refractivity contribution in [3.8, 4) is 5.75 Å². The fourth-order valence-electron chi connectivity index (χ4n) is 2.78. The second kappa shape index (κ2) is 9.60. The SMILES string of the molecule is O=C1C(Br)=CC(=C(c2cc(Br)c(O)c(Br)c2)c2ccccc2S(=O)(=O)[O-])C=C1Br.[NH4+]. The van der Waals surface area contributed by atoms with Gasteiger partial charge in [0.05, 0.1) is 22.8 Å². The molecule has 1 aliphatic carbocycles. The van der Waals surface area contributed by atoms with E-state index in [2.05, 4.69) is 63.7 Å². The number of rotatable bonds is 3. The maximum atomic E-state index is 12.1. The topological polar surface area (TPSA) is 131 Å². The van der Waals surface area contributed by atoms with E-state index in [1.807, 2.05) is 0 Å². The van der Waals surface area contributed by atoms with Gasteiger partial charge in [-0.2, -0.15) is 0 Å². The Kier molecular flexibility index (Phi) is 8.05. The summed E-state index contributed by atoms with van der Waals surface area (Å²) in [6.07, 6.45) is 3.09. The van der Waals surface area contributed by atoms with Crippen LogP contribution in [-0.2, 0) is 14.9 Å². The van der Waals surface area contributed by atoms with Crippen LogP contribution in [0.1, 0.15) is 11.1 Å². The molecule has 0 heterocycles. The average Bonchev–Trinajstić information content (AvgIpc) is 2.64. The molecule has 0 spiro atoms. The van der Waals surface area contributed by atoms with Gasteiger partial charge >= 0.3 is 0 Å². The molecular weight excluding hydrogens is 674 g/mol. The third kappa shape index (κ3) is 5.04. The molecule has 0 atom stereocenters. The molecule has 2 aromatic rings. The molecule has 0 amide bonds. The van der Waals surface area contributed by atoms with Crippen LogP contribution >= 0.6 is 63.7 Å². The Morgan fingerprint density at radius 3 is 1.93 bits per heavy atom. The number of Topliss-reactive ketones (excluding diaryl/α,β-unsaturated/α-hetero) is 1. The van der Waals surface area contributed by atoms with Gasteiger partial charge in [0, 0.05) is 5.56 Å². The molecule has 0 saturated carbocycles. The largest absolute Gasteiger partial charge is 0.744 e. The molecule has 0 saturated heterocycles. The van der Waals surface area contributed by atoms with E-state index in [1.54, 1.807) is 30.4 Å². The zero-order chi connectivity index (χ0) is 21.5. The van der Waals surface area contributed by atoms with E-state index in [1.165, 1.54) is 18.2 Å². The lowest BCUT2D eigenvalue weighted by Gasteiger charge is -2.20. The standard InChI is InChI=1S/C19H10Br4O5S.H3N/c20-12-5-9(6-13(21)18(12)24)17(10-7-14(22)19(25)15(23)8-10)11-3-1-2-4-16(11)29(26,27)28;/h1-8,24H,(H,26,27,28);1H3. The van der Waals surface area contributed by atoms with Crippen molar-refractivity contribution in [3.05, 3.63) is 83.2 Å². The van der Waals surface area contributed by atoms with Crippen LogP contribution in [0.15, 0.2) is 76.9 Å². The minimum atomic E-state index is -4.78. The Morgan fingerprint density at radius 1 is 0.933 bits per heavy atom. The maximum absolute atomic E-state index is 12.1. The average molecular weight is 687 g/mol. The first-order chi connectivity index (χ1) is 13.5. The van der Waals surface area contributed by atoms with Crippen LogP contribution in [0, 0.1) is 0 Å². The third-order valence-corrected chi connectivity index (χ3v) is 7.30. The number of ketones is 1. The van der Waals surface area contributed by atoms with E-state index in [-0.39, 0.29) is 32.2 Å². The molecule has 5 N–H and O–H groups in total. The van der Waals surface area contributed by atoms with Crippen molar-refractivity contribution < 1.29 is 22.9 Å². The molecule has 3 rings (SSSR count). The van der Waals surface area contributed by atoms with Gasteiger partial charge in [-0.3, -0.25) is 4.79 Å². The molecule has 158 valence electrons. The number of allylic oxidation sites excluding steroid dienone is 5. The Bertz CT molecular complexity index is 1200. The van der Waals surface area contributed by atoms with E-state index in [9.17, 15) is 22.9 Å². The second-order valence-electron chi connectivity index (χ2n) is 5.88. The molecule has 30 heavy (non-hydrogen) atoms. The first kappa shape index (κ1) is 25.2. The molecular formula is C19H13Br4NO5S. The maximum Gasteiger partial charge on any atom is 0.206 e. The van der Waals surface area contributed by atoms with Gasteiger partial charge in [-0.15, -0.1) is 0 Å². The molecule has 11 heteroatoms. The van der Waals surface area contributed by atoms with Crippen molar-refractivity contribution in [3.63, 3.8) is 0 Å². The molecule has 2 aromatic carbocycles. The van der Waals surface area contributed by atoms with E-state index in [0.29, 0.717) is 25.7 Å². The third-order valence-electron chi connectivity index (χ3n) is 4.02. The van der Waals surface area contributed by atoms with Crippen molar-refractivity contribution in [1.29, 1.82) is 0 Å². The quantitative estimate of drug-likeness (QED) is 0.375. The number of carbonyl (C=O) groups excluding carboxylic acids is 1. The van der Waals surface area contributed by atoms with E-state index >= 15 is 0 Å². The summed E-state index contributed by atoms with van der Waals surface area (Å²) in [5.41, 5.74) is 1.56. The van der Waals surface area contributed by atoms with E-state index < -0.39 is 15.0 Å². The summed E-state index contributed by atoms with van der Waals surface area (Å²) in [7, 11) is -4.78. The lowest BCUT2D eigenvalue weighted by molar-refractivity contribution is -0.110. The normalized spacial score (nSPS) is 14.0. The molecule has 0 radical (unpaired) electrons. The number of hydrogen-bond donors (Lipinski definition) is 2. The van der Waals surface area contributed by atoms with Gasteiger partial charge in [0.2, 0.25) is 5.78 Å². The lowest BCUT2D eigenvalue weighted by Crippen LogP contribution is -2.07. The first-order valence-corrected chi connectivity index (χ1v) is 12.4. The van der Waals surface area contributed by atoms with Crippen LogP contribution in [0.3, 0.4) is 0 Å².